The van der Waals surface area contributed by atoms with Crippen molar-refractivity contribution in [3.8, 4) is 5.75 Å². The van der Waals surface area contributed by atoms with E-state index >= 15 is 0 Å². The van der Waals surface area contributed by atoms with Gasteiger partial charge >= 0.3 is 0 Å². The molecule has 0 bridgehead atoms. The van der Waals surface area contributed by atoms with E-state index in [1.165, 1.54) is 4.90 Å². The van der Waals surface area contributed by atoms with Gasteiger partial charge in [0.15, 0.2) is 11.7 Å². The Morgan fingerprint density at radius 2 is 2.10 bits per heavy atom. The molecule has 2 aromatic heterocycles. The third kappa shape index (κ3) is 3.58. The molecule has 4 rings (SSSR count). The van der Waals surface area contributed by atoms with Crippen molar-refractivity contribution in [2.75, 3.05) is 19.5 Å². The number of guanidine groups is 1. The summed E-state index contributed by atoms with van der Waals surface area (Å²) >= 11 is 0. The maximum Gasteiger partial charge on any atom is 0.291 e. The van der Waals surface area contributed by atoms with Crippen LogP contribution in [0.15, 0.2) is 45.9 Å². The third-order valence-electron chi connectivity index (χ3n) is 5.49. The fraction of sp³-hybridized carbons (Fsp3) is 0.273. The summed E-state index contributed by atoms with van der Waals surface area (Å²) in [4.78, 5) is 35.3. The van der Waals surface area contributed by atoms with Gasteiger partial charge < -0.3 is 20.2 Å². The molecule has 1 aliphatic heterocycles. The number of ether oxygens (including phenoxy) is 1. The van der Waals surface area contributed by atoms with Gasteiger partial charge in [-0.2, -0.15) is 0 Å². The van der Waals surface area contributed by atoms with E-state index in [1.54, 1.807) is 51.5 Å². The van der Waals surface area contributed by atoms with Crippen LogP contribution >= 0.6 is 0 Å². The minimum absolute atomic E-state index is 0.124. The number of carbonyl (C=O) groups excluding carboxylic acids is 2. The van der Waals surface area contributed by atoms with E-state index in [0.717, 1.165) is 5.39 Å². The Morgan fingerprint density at radius 3 is 2.81 bits per heavy atom. The van der Waals surface area contributed by atoms with Crippen LogP contribution in [0.5, 0.6) is 5.75 Å². The highest BCUT2D eigenvalue weighted by atomic mass is 16.5. The highest BCUT2D eigenvalue weighted by molar-refractivity contribution is 6.06. The number of benzene rings is 1. The van der Waals surface area contributed by atoms with Crippen LogP contribution in [0, 0.1) is 6.92 Å². The number of pyridine rings is 1. The van der Waals surface area contributed by atoms with Crippen molar-refractivity contribution >= 4 is 34.4 Å². The van der Waals surface area contributed by atoms with Crippen LogP contribution in [0.2, 0.25) is 0 Å². The van der Waals surface area contributed by atoms with Crippen LogP contribution < -0.4 is 15.8 Å². The first-order chi connectivity index (χ1) is 14.7. The Hall–Kier alpha value is -3.88. The average molecular weight is 421 g/mol. The lowest BCUT2D eigenvalue weighted by molar-refractivity contribution is -0.128. The minimum Gasteiger partial charge on any atom is -0.497 e. The van der Waals surface area contributed by atoms with Crippen molar-refractivity contribution in [3.63, 3.8) is 0 Å². The number of amides is 2. The molecule has 1 aliphatic rings. The highest BCUT2D eigenvalue weighted by Crippen LogP contribution is 2.33. The van der Waals surface area contributed by atoms with Crippen LogP contribution in [0.4, 0.5) is 5.69 Å². The van der Waals surface area contributed by atoms with Crippen LogP contribution in [0.3, 0.4) is 0 Å². The van der Waals surface area contributed by atoms with Gasteiger partial charge in [0.25, 0.3) is 5.91 Å². The molecule has 9 nitrogen and oxygen atoms in total. The van der Waals surface area contributed by atoms with E-state index in [0.29, 0.717) is 28.3 Å². The number of hydrogen-bond acceptors (Lipinski definition) is 7. The largest absolute Gasteiger partial charge is 0.497 e. The van der Waals surface area contributed by atoms with Gasteiger partial charge in [-0.05, 0) is 44.2 Å². The highest BCUT2D eigenvalue weighted by Gasteiger charge is 2.37. The second kappa shape index (κ2) is 7.42. The van der Waals surface area contributed by atoms with Gasteiger partial charge in [-0.1, -0.05) is 0 Å². The summed E-state index contributed by atoms with van der Waals surface area (Å²) in [6.45, 7) is 3.61. The SMILES string of the molecule is COc1ccc2oc(C(=O)Nc3ccnc(C4(C)CC(=O)N(C)C(N)=N4)c3)c(C)c2c1. The maximum absolute atomic E-state index is 12.9. The molecule has 1 unspecified atom stereocenters. The van der Waals surface area contributed by atoms with Crippen molar-refractivity contribution in [2.45, 2.75) is 25.8 Å². The first-order valence-corrected chi connectivity index (χ1v) is 9.69. The molecule has 3 aromatic rings. The number of hydrogen-bond donors (Lipinski definition) is 2. The summed E-state index contributed by atoms with van der Waals surface area (Å²) in [5.74, 6) is 0.479. The van der Waals surface area contributed by atoms with E-state index in [-0.39, 0.29) is 24.0 Å². The summed E-state index contributed by atoms with van der Waals surface area (Å²) in [5, 5.41) is 3.64. The standard InChI is InChI=1S/C22H23N5O4/c1-12-15-10-14(30-4)5-6-16(15)31-19(12)20(29)25-13-7-8-24-17(9-13)22(2)11-18(28)27(3)21(23)26-22/h5-10H,11H2,1-4H3,(H2,23,26)(H,24,25,29). The topological polar surface area (TPSA) is 123 Å². The summed E-state index contributed by atoms with van der Waals surface area (Å²) in [7, 11) is 3.16. The zero-order valence-electron chi connectivity index (χ0n) is 17.7. The second-order valence-corrected chi connectivity index (χ2v) is 7.68. The van der Waals surface area contributed by atoms with Crippen molar-refractivity contribution in [1.29, 1.82) is 0 Å². The van der Waals surface area contributed by atoms with Gasteiger partial charge in [-0.25, -0.2) is 4.99 Å². The van der Waals surface area contributed by atoms with E-state index in [4.69, 9.17) is 14.9 Å². The maximum atomic E-state index is 12.9. The normalized spacial score (nSPS) is 18.8. The summed E-state index contributed by atoms with van der Waals surface area (Å²) < 4.78 is 11.0. The molecule has 0 spiro atoms. The first kappa shape index (κ1) is 20.4. The zero-order chi connectivity index (χ0) is 22.3. The zero-order valence-corrected chi connectivity index (χ0v) is 17.7. The third-order valence-corrected chi connectivity index (χ3v) is 5.49. The second-order valence-electron chi connectivity index (χ2n) is 7.68. The summed E-state index contributed by atoms with van der Waals surface area (Å²) in [6.07, 6.45) is 1.68. The number of methoxy groups -OCH3 is 1. The smallest absolute Gasteiger partial charge is 0.291 e. The number of rotatable bonds is 4. The average Bonchev–Trinajstić information content (AvgIpc) is 3.08. The molecular formula is C22H23N5O4. The number of aryl methyl sites for hydroxylation is 1. The quantitative estimate of drug-likeness (QED) is 0.668. The van der Waals surface area contributed by atoms with Gasteiger partial charge in [0.2, 0.25) is 5.91 Å². The van der Waals surface area contributed by atoms with Gasteiger partial charge in [0.1, 0.15) is 16.9 Å². The van der Waals surface area contributed by atoms with Crippen LogP contribution in [0.25, 0.3) is 11.0 Å². The van der Waals surface area contributed by atoms with Gasteiger partial charge in [0, 0.05) is 29.9 Å². The Kier molecular flexibility index (Phi) is 4.88. The van der Waals surface area contributed by atoms with Gasteiger partial charge in [-0.3, -0.25) is 19.5 Å². The number of aromatic nitrogens is 1. The van der Waals surface area contributed by atoms with Crippen molar-refractivity contribution in [2.24, 2.45) is 10.7 Å². The number of anilines is 1. The molecule has 9 heteroatoms. The van der Waals surface area contributed by atoms with Crippen molar-refractivity contribution in [3.05, 3.63) is 53.5 Å². The Morgan fingerprint density at radius 1 is 1.32 bits per heavy atom. The van der Waals surface area contributed by atoms with E-state index < -0.39 is 11.4 Å². The number of aliphatic imine (C=N–C) groups is 1. The van der Waals surface area contributed by atoms with Crippen molar-refractivity contribution in [1.82, 2.24) is 9.88 Å². The number of carbonyl (C=O) groups is 2. The molecule has 31 heavy (non-hydrogen) atoms. The molecule has 0 saturated heterocycles. The molecule has 0 aliphatic carbocycles. The van der Waals surface area contributed by atoms with Gasteiger partial charge in [0.05, 0.1) is 19.2 Å². The summed E-state index contributed by atoms with van der Waals surface area (Å²) in [6, 6.07) is 8.72. The molecule has 3 heterocycles. The lowest BCUT2D eigenvalue weighted by Crippen LogP contribution is -2.47. The fourth-order valence-corrected chi connectivity index (χ4v) is 3.59. The Bertz CT molecular complexity index is 1230. The van der Waals surface area contributed by atoms with Crippen molar-refractivity contribution < 1.29 is 18.7 Å². The predicted octanol–water partition coefficient (Wildman–Crippen LogP) is 2.79. The molecule has 1 atom stereocenters. The van der Waals surface area contributed by atoms with E-state index in [9.17, 15) is 9.59 Å². The van der Waals surface area contributed by atoms with Gasteiger partial charge in [-0.15, -0.1) is 0 Å². The molecule has 160 valence electrons. The number of nitrogens with zero attached hydrogens (tertiary/aromatic N) is 3. The Labute approximate surface area is 178 Å². The lowest BCUT2D eigenvalue weighted by Gasteiger charge is -2.32. The Balaban J connectivity index is 1.63. The molecule has 3 N–H and O–H groups in total. The number of fused-ring (bicyclic) bond motifs is 1. The first-order valence-electron chi connectivity index (χ1n) is 9.69. The number of furan rings is 1. The molecular weight excluding hydrogens is 398 g/mol. The monoisotopic (exact) mass is 421 g/mol. The van der Waals surface area contributed by atoms with Crippen LogP contribution in [-0.4, -0.2) is 41.8 Å². The fourth-order valence-electron chi connectivity index (χ4n) is 3.59. The lowest BCUT2D eigenvalue weighted by atomic mass is 9.91. The summed E-state index contributed by atoms with van der Waals surface area (Å²) in [5.41, 5.74) is 7.32. The predicted molar refractivity (Wildman–Crippen MR) is 116 cm³/mol. The molecule has 0 radical (unpaired) electrons. The van der Waals surface area contributed by atoms with Crippen LogP contribution in [-0.2, 0) is 10.3 Å². The van der Waals surface area contributed by atoms with E-state index in [1.807, 2.05) is 13.0 Å². The molecule has 0 fully saturated rings. The molecule has 0 saturated carbocycles. The van der Waals surface area contributed by atoms with Crippen LogP contribution in [0.1, 0.15) is 35.2 Å². The number of nitrogens with two attached hydrogens (primary N) is 1. The molecule has 2 amide bonds. The number of nitrogens with one attached hydrogen (secondary N) is 1. The minimum atomic E-state index is -0.916. The van der Waals surface area contributed by atoms with E-state index in [2.05, 4.69) is 15.3 Å². The molecule has 1 aromatic carbocycles.